The zero-order valence-corrected chi connectivity index (χ0v) is 5.34. The molecule has 1 heterocycles. The van der Waals surface area contributed by atoms with E-state index in [2.05, 4.69) is 24.3 Å². The van der Waals surface area contributed by atoms with E-state index in [-0.39, 0.29) is 5.60 Å². The van der Waals surface area contributed by atoms with Crippen LogP contribution in [0.5, 0.6) is 0 Å². The summed E-state index contributed by atoms with van der Waals surface area (Å²) in [5.74, 6) is 0. The predicted molar refractivity (Wildman–Crippen MR) is 36.2 cm³/mol. The van der Waals surface area contributed by atoms with Gasteiger partial charge in [0.1, 0.15) is 5.60 Å². The summed E-state index contributed by atoms with van der Waals surface area (Å²) < 4.78 is 5.50. The van der Waals surface area contributed by atoms with Crippen LogP contribution in [-0.2, 0) is 4.74 Å². The molecular weight excluding hydrogens is 112 g/mol. The third-order valence-corrected chi connectivity index (χ3v) is 1.95. The van der Waals surface area contributed by atoms with Crippen LogP contribution >= 0.6 is 0 Å². The summed E-state index contributed by atoms with van der Waals surface area (Å²) in [6.45, 7) is 0.796. The van der Waals surface area contributed by atoms with E-state index in [1.165, 1.54) is 6.42 Å². The van der Waals surface area contributed by atoms with E-state index in [1.54, 1.807) is 0 Å². The molecule has 2 rings (SSSR count). The minimum Gasteiger partial charge on any atom is -0.363 e. The monoisotopic (exact) mass is 122 g/mol. The molecule has 9 heavy (non-hydrogen) atoms. The van der Waals surface area contributed by atoms with Gasteiger partial charge in [0.2, 0.25) is 0 Å². The predicted octanol–water partition coefficient (Wildman–Crippen LogP) is 1.66. The summed E-state index contributed by atoms with van der Waals surface area (Å²) in [6.07, 6.45) is 10.9. The molecule has 1 aliphatic heterocycles. The quantitative estimate of drug-likeness (QED) is 0.444. The third kappa shape index (κ3) is 0.724. The SMILES string of the molecule is C1=CC2(C=CCO2)CC1. The van der Waals surface area contributed by atoms with Crippen molar-refractivity contribution in [2.75, 3.05) is 6.61 Å². The molecule has 1 nitrogen and oxygen atoms in total. The number of rotatable bonds is 0. The van der Waals surface area contributed by atoms with Gasteiger partial charge in [-0.05, 0) is 12.8 Å². The fourth-order valence-corrected chi connectivity index (χ4v) is 1.43. The van der Waals surface area contributed by atoms with Gasteiger partial charge in [-0.1, -0.05) is 24.3 Å². The molecule has 0 aromatic rings. The Morgan fingerprint density at radius 2 is 2.11 bits per heavy atom. The highest BCUT2D eigenvalue weighted by Gasteiger charge is 2.29. The molecule has 0 fully saturated rings. The Morgan fingerprint density at radius 1 is 1.22 bits per heavy atom. The van der Waals surface area contributed by atoms with Crippen molar-refractivity contribution in [3.8, 4) is 0 Å². The van der Waals surface area contributed by atoms with Gasteiger partial charge < -0.3 is 4.74 Å². The lowest BCUT2D eigenvalue weighted by molar-refractivity contribution is 0.0658. The molecule has 0 aromatic heterocycles. The summed E-state index contributed by atoms with van der Waals surface area (Å²) in [7, 11) is 0. The number of hydrogen-bond donors (Lipinski definition) is 0. The maximum atomic E-state index is 5.50. The van der Waals surface area contributed by atoms with E-state index < -0.39 is 0 Å². The summed E-state index contributed by atoms with van der Waals surface area (Å²) >= 11 is 0. The first-order valence-corrected chi connectivity index (χ1v) is 3.41. The van der Waals surface area contributed by atoms with Gasteiger partial charge in [0, 0.05) is 0 Å². The highest BCUT2D eigenvalue weighted by atomic mass is 16.5. The first-order valence-electron chi connectivity index (χ1n) is 3.41. The molecule has 1 aliphatic carbocycles. The van der Waals surface area contributed by atoms with E-state index in [0.29, 0.717) is 0 Å². The van der Waals surface area contributed by atoms with Gasteiger partial charge in [0.05, 0.1) is 6.61 Å². The first kappa shape index (κ1) is 5.24. The second kappa shape index (κ2) is 1.71. The summed E-state index contributed by atoms with van der Waals surface area (Å²) in [5, 5.41) is 0. The van der Waals surface area contributed by atoms with Crippen molar-refractivity contribution in [1.82, 2.24) is 0 Å². The van der Waals surface area contributed by atoms with Gasteiger partial charge in [0.15, 0.2) is 0 Å². The highest BCUT2D eigenvalue weighted by molar-refractivity contribution is 5.22. The molecule has 2 aliphatic rings. The van der Waals surface area contributed by atoms with Gasteiger partial charge in [-0.3, -0.25) is 0 Å². The Balaban J connectivity index is 2.23. The Labute approximate surface area is 55.0 Å². The van der Waals surface area contributed by atoms with Crippen molar-refractivity contribution < 1.29 is 4.74 Å². The second-order valence-corrected chi connectivity index (χ2v) is 2.61. The van der Waals surface area contributed by atoms with Crippen LogP contribution in [0.4, 0.5) is 0 Å². The van der Waals surface area contributed by atoms with Crippen molar-refractivity contribution in [2.24, 2.45) is 0 Å². The molecule has 0 amide bonds. The summed E-state index contributed by atoms with van der Waals surface area (Å²) in [6, 6.07) is 0. The number of allylic oxidation sites excluding steroid dienone is 1. The molecule has 1 heteroatoms. The van der Waals surface area contributed by atoms with Gasteiger partial charge in [-0.25, -0.2) is 0 Å². The van der Waals surface area contributed by atoms with Crippen molar-refractivity contribution in [2.45, 2.75) is 18.4 Å². The lowest BCUT2D eigenvalue weighted by Gasteiger charge is -2.17. The Kier molecular flexibility index (Phi) is 0.995. The second-order valence-electron chi connectivity index (χ2n) is 2.61. The molecule has 0 bridgehead atoms. The van der Waals surface area contributed by atoms with Crippen LogP contribution in [0.3, 0.4) is 0 Å². The van der Waals surface area contributed by atoms with Gasteiger partial charge in [0.25, 0.3) is 0 Å². The summed E-state index contributed by atoms with van der Waals surface area (Å²) in [5.41, 5.74) is 0.0278. The minimum absolute atomic E-state index is 0.0278. The zero-order chi connectivity index (χ0) is 6.16. The van der Waals surface area contributed by atoms with E-state index in [0.717, 1.165) is 13.0 Å². The van der Waals surface area contributed by atoms with Gasteiger partial charge in [-0.2, -0.15) is 0 Å². The van der Waals surface area contributed by atoms with Crippen LogP contribution in [0.2, 0.25) is 0 Å². The Hall–Kier alpha value is -0.560. The third-order valence-electron chi connectivity index (χ3n) is 1.95. The molecular formula is C8H10O. The fourth-order valence-electron chi connectivity index (χ4n) is 1.43. The van der Waals surface area contributed by atoms with Crippen LogP contribution in [-0.4, -0.2) is 12.2 Å². The number of hydrogen-bond acceptors (Lipinski definition) is 1. The van der Waals surface area contributed by atoms with E-state index in [4.69, 9.17) is 4.74 Å². The van der Waals surface area contributed by atoms with E-state index >= 15 is 0 Å². The highest BCUT2D eigenvalue weighted by Crippen LogP contribution is 2.30. The number of ether oxygens (including phenoxy) is 1. The van der Waals surface area contributed by atoms with Crippen molar-refractivity contribution in [3.63, 3.8) is 0 Å². The standard InChI is InChI=1S/C8H10O/c1-2-5-8(4-1)6-3-7-9-8/h1,3-4,6H,2,5,7H2. The summed E-state index contributed by atoms with van der Waals surface area (Å²) in [4.78, 5) is 0. The molecule has 0 radical (unpaired) electrons. The van der Waals surface area contributed by atoms with Crippen LogP contribution in [0.15, 0.2) is 24.3 Å². The molecule has 0 saturated carbocycles. The molecule has 1 spiro atoms. The minimum atomic E-state index is 0.0278. The van der Waals surface area contributed by atoms with E-state index in [9.17, 15) is 0 Å². The lowest BCUT2D eigenvalue weighted by Crippen LogP contribution is -2.20. The zero-order valence-electron chi connectivity index (χ0n) is 5.34. The maximum Gasteiger partial charge on any atom is 0.105 e. The Morgan fingerprint density at radius 3 is 2.67 bits per heavy atom. The molecule has 0 N–H and O–H groups in total. The van der Waals surface area contributed by atoms with Crippen LogP contribution in [0, 0.1) is 0 Å². The van der Waals surface area contributed by atoms with E-state index in [1.807, 2.05) is 0 Å². The molecule has 48 valence electrons. The van der Waals surface area contributed by atoms with Gasteiger partial charge in [-0.15, -0.1) is 0 Å². The lowest BCUT2D eigenvalue weighted by atomic mass is 10.1. The van der Waals surface area contributed by atoms with Crippen LogP contribution in [0.25, 0.3) is 0 Å². The average molecular weight is 122 g/mol. The van der Waals surface area contributed by atoms with Crippen molar-refractivity contribution in [3.05, 3.63) is 24.3 Å². The smallest absolute Gasteiger partial charge is 0.105 e. The molecule has 0 saturated heterocycles. The molecule has 1 unspecified atom stereocenters. The largest absolute Gasteiger partial charge is 0.363 e. The van der Waals surface area contributed by atoms with Crippen molar-refractivity contribution in [1.29, 1.82) is 0 Å². The van der Waals surface area contributed by atoms with Crippen LogP contribution in [0.1, 0.15) is 12.8 Å². The maximum absolute atomic E-state index is 5.50. The van der Waals surface area contributed by atoms with Gasteiger partial charge >= 0.3 is 0 Å². The topological polar surface area (TPSA) is 9.23 Å². The molecule has 0 aromatic carbocycles. The van der Waals surface area contributed by atoms with Crippen LogP contribution < -0.4 is 0 Å². The normalized spacial score (nSPS) is 39.1. The average Bonchev–Trinajstić information content (AvgIpc) is 2.45. The fraction of sp³-hybridized carbons (Fsp3) is 0.500. The Bertz CT molecular complexity index is 147. The molecule has 1 atom stereocenters. The van der Waals surface area contributed by atoms with Crippen molar-refractivity contribution >= 4 is 0 Å². The first-order chi connectivity index (χ1) is 4.41.